The van der Waals surface area contributed by atoms with Crippen molar-refractivity contribution in [2.45, 2.75) is 11.8 Å². The summed E-state index contributed by atoms with van der Waals surface area (Å²) in [5.74, 6) is 0. The predicted octanol–water partition coefficient (Wildman–Crippen LogP) is 4.11. The molecule has 0 aliphatic heterocycles. The Hall–Kier alpha value is -1.41. The first-order valence-corrected chi connectivity index (χ1v) is 5.71. The van der Waals surface area contributed by atoms with Gasteiger partial charge in [0, 0.05) is 10.6 Å². The molecule has 0 saturated heterocycles. The van der Waals surface area contributed by atoms with E-state index in [0.717, 1.165) is 0 Å². The van der Waals surface area contributed by atoms with Gasteiger partial charge in [-0.3, -0.25) is 0 Å². The summed E-state index contributed by atoms with van der Waals surface area (Å²) in [5, 5.41) is 0. The Labute approximate surface area is 94.7 Å². The summed E-state index contributed by atoms with van der Waals surface area (Å²) in [6.45, 7) is 2.11. The quantitative estimate of drug-likeness (QED) is 0.773. The van der Waals surface area contributed by atoms with E-state index >= 15 is 0 Å². The van der Waals surface area contributed by atoms with Crippen LogP contribution in [0.5, 0.6) is 0 Å². The number of nitrogens with one attached hydrogen (secondary N) is 1. The summed E-state index contributed by atoms with van der Waals surface area (Å²) in [5.41, 5.74) is 2.44. The van der Waals surface area contributed by atoms with Gasteiger partial charge in [-0.05, 0) is 42.6 Å². The van der Waals surface area contributed by atoms with Crippen LogP contribution in [0.2, 0.25) is 0 Å². The van der Waals surface area contributed by atoms with E-state index in [1.165, 1.54) is 16.1 Å². The van der Waals surface area contributed by atoms with E-state index in [4.69, 9.17) is 0 Å². The van der Waals surface area contributed by atoms with Crippen LogP contribution in [-0.2, 0) is 0 Å². The van der Waals surface area contributed by atoms with Crippen LogP contribution >= 0.6 is 11.9 Å². The molecule has 1 N–H and O–H groups in total. The molecule has 76 valence electrons. The topological polar surface area (TPSA) is 12.0 Å². The van der Waals surface area contributed by atoms with Crippen LogP contribution in [0, 0.1) is 6.92 Å². The number of rotatable bonds is 3. The largest absolute Gasteiger partial charge is 0.325 e. The van der Waals surface area contributed by atoms with Crippen LogP contribution in [0.4, 0.5) is 5.69 Å². The standard InChI is InChI=1S/C13H13NS/c1-11-7-5-6-10-13(11)14-15-12-8-3-2-4-9-12/h2-10,14H,1H3. The molecule has 0 heterocycles. The normalized spacial score (nSPS) is 9.93. The molecule has 0 amide bonds. The second-order valence-electron chi connectivity index (χ2n) is 3.33. The van der Waals surface area contributed by atoms with Crippen molar-refractivity contribution in [2.75, 3.05) is 4.72 Å². The average Bonchev–Trinajstić information content (AvgIpc) is 2.29. The lowest BCUT2D eigenvalue weighted by Gasteiger charge is -2.07. The van der Waals surface area contributed by atoms with Gasteiger partial charge in [0.05, 0.1) is 0 Å². The fraction of sp³-hybridized carbons (Fsp3) is 0.0769. The highest BCUT2D eigenvalue weighted by atomic mass is 32.2. The number of aryl methyl sites for hydroxylation is 1. The Balaban J connectivity index is 2.03. The van der Waals surface area contributed by atoms with E-state index in [0.29, 0.717) is 0 Å². The Morgan fingerprint density at radius 2 is 1.53 bits per heavy atom. The molecule has 2 aromatic carbocycles. The van der Waals surface area contributed by atoms with Crippen LogP contribution in [0.25, 0.3) is 0 Å². The van der Waals surface area contributed by atoms with Gasteiger partial charge in [0.1, 0.15) is 0 Å². The monoisotopic (exact) mass is 215 g/mol. The highest BCUT2D eigenvalue weighted by molar-refractivity contribution is 8.00. The molecule has 0 radical (unpaired) electrons. The SMILES string of the molecule is Cc1ccccc1NSc1ccccc1. The molecular weight excluding hydrogens is 202 g/mol. The maximum absolute atomic E-state index is 3.35. The van der Waals surface area contributed by atoms with Crippen molar-refractivity contribution >= 4 is 17.6 Å². The molecule has 0 spiro atoms. The third-order valence-electron chi connectivity index (χ3n) is 2.17. The first-order chi connectivity index (χ1) is 7.36. The van der Waals surface area contributed by atoms with Gasteiger partial charge < -0.3 is 4.72 Å². The molecule has 0 unspecified atom stereocenters. The summed E-state index contributed by atoms with van der Waals surface area (Å²) < 4.78 is 3.35. The van der Waals surface area contributed by atoms with Crippen LogP contribution < -0.4 is 4.72 Å². The molecular formula is C13H13NS. The second-order valence-corrected chi connectivity index (χ2v) is 4.21. The maximum Gasteiger partial charge on any atom is 0.0472 e. The first-order valence-electron chi connectivity index (χ1n) is 4.90. The van der Waals surface area contributed by atoms with Gasteiger partial charge >= 0.3 is 0 Å². The molecule has 0 saturated carbocycles. The third kappa shape index (κ3) is 2.77. The van der Waals surface area contributed by atoms with Crippen molar-refractivity contribution in [2.24, 2.45) is 0 Å². The van der Waals surface area contributed by atoms with Crippen molar-refractivity contribution in [1.29, 1.82) is 0 Å². The zero-order valence-electron chi connectivity index (χ0n) is 8.60. The molecule has 0 aliphatic rings. The van der Waals surface area contributed by atoms with Crippen molar-refractivity contribution in [3.8, 4) is 0 Å². The highest BCUT2D eigenvalue weighted by Gasteiger charge is 1.96. The van der Waals surface area contributed by atoms with Gasteiger partial charge in [0.25, 0.3) is 0 Å². The van der Waals surface area contributed by atoms with Gasteiger partial charge in [-0.15, -0.1) is 0 Å². The lowest BCUT2D eigenvalue weighted by atomic mass is 10.2. The molecule has 0 fully saturated rings. The lowest BCUT2D eigenvalue weighted by molar-refractivity contribution is 1.45. The second kappa shape index (κ2) is 4.89. The fourth-order valence-corrected chi connectivity index (χ4v) is 2.04. The summed E-state index contributed by atoms with van der Waals surface area (Å²) in [7, 11) is 0. The van der Waals surface area contributed by atoms with Crippen molar-refractivity contribution < 1.29 is 0 Å². The third-order valence-corrected chi connectivity index (χ3v) is 3.00. The molecule has 0 aromatic heterocycles. The Morgan fingerprint density at radius 1 is 0.867 bits per heavy atom. The Bertz CT molecular complexity index is 426. The van der Waals surface area contributed by atoms with E-state index in [-0.39, 0.29) is 0 Å². The molecule has 0 bridgehead atoms. The highest BCUT2D eigenvalue weighted by Crippen LogP contribution is 2.22. The minimum Gasteiger partial charge on any atom is -0.325 e. The zero-order valence-corrected chi connectivity index (χ0v) is 9.42. The average molecular weight is 215 g/mol. The molecule has 2 rings (SSSR count). The summed E-state index contributed by atoms with van der Waals surface area (Å²) >= 11 is 1.64. The smallest absolute Gasteiger partial charge is 0.0472 e. The van der Waals surface area contributed by atoms with Gasteiger partial charge in [-0.25, -0.2) is 0 Å². The number of benzene rings is 2. The van der Waals surface area contributed by atoms with Gasteiger partial charge in [-0.2, -0.15) is 0 Å². The summed E-state index contributed by atoms with van der Waals surface area (Å²) in [4.78, 5) is 1.22. The van der Waals surface area contributed by atoms with Crippen LogP contribution in [0.3, 0.4) is 0 Å². The van der Waals surface area contributed by atoms with Gasteiger partial charge in [0.2, 0.25) is 0 Å². The van der Waals surface area contributed by atoms with Crippen molar-refractivity contribution in [1.82, 2.24) is 0 Å². The van der Waals surface area contributed by atoms with Crippen molar-refractivity contribution in [3.05, 3.63) is 60.2 Å². The number of para-hydroxylation sites is 1. The number of anilines is 1. The number of hydrogen-bond acceptors (Lipinski definition) is 2. The zero-order chi connectivity index (χ0) is 10.5. The predicted molar refractivity (Wildman–Crippen MR) is 67.1 cm³/mol. The fourth-order valence-electron chi connectivity index (χ4n) is 1.29. The summed E-state index contributed by atoms with van der Waals surface area (Å²) in [6.07, 6.45) is 0. The van der Waals surface area contributed by atoms with E-state index < -0.39 is 0 Å². The molecule has 0 aliphatic carbocycles. The maximum atomic E-state index is 3.35. The van der Waals surface area contributed by atoms with Crippen molar-refractivity contribution in [3.63, 3.8) is 0 Å². The van der Waals surface area contributed by atoms with Crippen LogP contribution in [-0.4, -0.2) is 0 Å². The molecule has 15 heavy (non-hydrogen) atoms. The minimum atomic E-state index is 1.17. The van der Waals surface area contributed by atoms with Crippen LogP contribution in [0.1, 0.15) is 5.56 Å². The van der Waals surface area contributed by atoms with Crippen LogP contribution in [0.15, 0.2) is 59.5 Å². The lowest BCUT2D eigenvalue weighted by Crippen LogP contribution is -1.88. The van der Waals surface area contributed by atoms with E-state index in [1.54, 1.807) is 11.9 Å². The Morgan fingerprint density at radius 3 is 2.27 bits per heavy atom. The first kappa shape index (κ1) is 10.1. The number of hydrogen-bond donors (Lipinski definition) is 1. The van der Waals surface area contributed by atoms with E-state index in [1.807, 2.05) is 30.3 Å². The molecule has 1 nitrogen and oxygen atoms in total. The molecule has 2 heteroatoms. The molecule has 0 atom stereocenters. The van der Waals surface area contributed by atoms with E-state index in [9.17, 15) is 0 Å². The molecule has 2 aromatic rings. The van der Waals surface area contributed by atoms with Gasteiger partial charge in [-0.1, -0.05) is 36.4 Å². The summed E-state index contributed by atoms with van der Waals surface area (Å²) in [6, 6.07) is 18.6. The van der Waals surface area contributed by atoms with Gasteiger partial charge in [0.15, 0.2) is 0 Å². The minimum absolute atomic E-state index is 1.17. The Kier molecular flexibility index (Phi) is 3.30. The van der Waals surface area contributed by atoms with E-state index in [2.05, 4.69) is 35.9 Å².